The van der Waals surface area contributed by atoms with E-state index in [0.29, 0.717) is 23.9 Å². The second-order valence-electron chi connectivity index (χ2n) is 4.57. The van der Waals surface area contributed by atoms with E-state index in [1.807, 2.05) is 13.8 Å². The van der Waals surface area contributed by atoms with Gasteiger partial charge in [-0.3, -0.25) is 10.1 Å². The zero-order chi connectivity index (χ0) is 13.7. The summed E-state index contributed by atoms with van der Waals surface area (Å²) in [6.07, 6.45) is 0.620. The van der Waals surface area contributed by atoms with Crippen LogP contribution in [-0.2, 0) is 0 Å². The number of nitro groups is 1. The molecule has 1 rings (SSSR count). The highest BCUT2D eigenvalue weighted by Gasteiger charge is 2.16. The lowest BCUT2D eigenvalue weighted by atomic mass is 10.0. The number of rotatable bonds is 6. The van der Waals surface area contributed by atoms with Gasteiger partial charge in [-0.2, -0.15) is 0 Å². The van der Waals surface area contributed by atoms with Gasteiger partial charge in [0.25, 0.3) is 5.69 Å². The monoisotopic (exact) mass is 253 g/mol. The van der Waals surface area contributed by atoms with Crippen molar-refractivity contribution >= 4 is 11.5 Å². The summed E-state index contributed by atoms with van der Waals surface area (Å²) in [6.45, 7) is 5.80. The molecular weight excluding hydrogens is 234 g/mol. The Hall–Kier alpha value is -1.69. The average Bonchev–Trinajstić information content (AvgIpc) is 2.27. The van der Waals surface area contributed by atoms with E-state index in [1.54, 1.807) is 13.0 Å². The molecule has 0 aromatic carbocycles. The summed E-state index contributed by atoms with van der Waals surface area (Å²) in [5, 5.41) is 22.9. The molecule has 1 unspecified atom stereocenters. The maximum Gasteiger partial charge on any atom is 0.290 e. The third-order valence-electron chi connectivity index (χ3n) is 2.83. The Morgan fingerprint density at radius 3 is 2.61 bits per heavy atom. The molecule has 1 aromatic rings. The van der Waals surface area contributed by atoms with Crippen LogP contribution >= 0.6 is 0 Å². The number of aliphatic hydroxyl groups excluding tert-OH is 1. The van der Waals surface area contributed by atoms with E-state index in [0.717, 1.165) is 0 Å². The second kappa shape index (κ2) is 6.30. The van der Waals surface area contributed by atoms with Gasteiger partial charge in [0.2, 0.25) is 0 Å². The van der Waals surface area contributed by atoms with E-state index in [9.17, 15) is 10.1 Å². The third kappa shape index (κ3) is 3.66. The fraction of sp³-hybridized carbons (Fsp3) is 0.583. The molecule has 0 aliphatic rings. The summed E-state index contributed by atoms with van der Waals surface area (Å²) in [5.41, 5.74) is 0.403. The van der Waals surface area contributed by atoms with Gasteiger partial charge in [0.15, 0.2) is 0 Å². The minimum absolute atomic E-state index is 0.0174. The van der Waals surface area contributed by atoms with E-state index in [2.05, 4.69) is 10.3 Å². The fourth-order valence-corrected chi connectivity index (χ4v) is 1.73. The molecule has 6 heteroatoms. The lowest BCUT2D eigenvalue weighted by Crippen LogP contribution is -2.27. The van der Waals surface area contributed by atoms with Crippen LogP contribution < -0.4 is 5.32 Å². The second-order valence-corrected chi connectivity index (χ2v) is 4.57. The van der Waals surface area contributed by atoms with E-state index < -0.39 is 4.92 Å². The highest BCUT2D eigenvalue weighted by molar-refractivity contribution is 5.45. The van der Waals surface area contributed by atoms with Crippen molar-refractivity contribution in [2.24, 2.45) is 5.92 Å². The van der Waals surface area contributed by atoms with Gasteiger partial charge in [-0.05, 0) is 25.3 Å². The summed E-state index contributed by atoms with van der Waals surface area (Å²) in [7, 11) is 0. The molecule has 0 saturated heterocycles. The van der Waals surface area contributed by atoms with Crippen LogP contribution in [0.1, 0.15) is 26.0 Å². The van der Waals surface area contributed by atoms with Crippen molar-refractivity contribution < 1.29 is 10.0 Å². The zero-order valence-corrected chi connectivity index (χ0v) is 10.9. The number of aliphatic hydroxyl groups is 1. The molecular formula is C12H19N3O3. The number of anilines is 1. The molecule has 0 radical (unpaired) electrons. The van der Waals surface area contributed by atoms with Crippen LogP contribution in [0.15, 0.2) is 12.1 Å². The first-order valence-corrected chi connectivity index (χ1v) is 5.95. The highest BCUT2D eigenvalue weighted by atomic mass is 16.6. The molecule has 0 saturated carbocycles. The van der Waals surface area contributed by atoms with E-state index in [1.165, 1.54) is 6.07 Å². The topological polar surface area (TPSA) is 88.3 Å². The predicted molar refractivity (Wildman–Crippen MR) is 69.6 cm³/mol. The Kier molecular flexibility index (Phi) is 5.03. The molecule has 0 aliphatic carbocycles. The minimum atomic E-state index is -0.445. The van der Waals surface area contributed by atoms with E-state index in [4.69, 9.17) is 5.11 Å². The molecule has 0 aliphatic heterocycles. The number of pyridine rings is 1. The Morgan fingerprint density at radius 1 is 1.50 bits per heavy atom. The Balaban J connectivity index is 2.84. The number of aromatic nitrogens is 1. The van der Waals surface area contributed by atoms with E-state index in [-0.39, 0.29) is 18.3 Å². The highest BCUT2D eigenvalue weighted by Crippen LogP contribution is 2.20. The molecule has 1 heterocycles. The van der Waals surface area contributed by atoms with Gasteiger partial charge in [0.1, 0.15) is 11.5 Å². The van der Waals surface area contributed by atoms with Crippen LogP contribution in [-0.4, -0.2) is 27.7 Å². The third-order valence-corrected chi connectivity index (χ3v) is 2.83. The number of hydrogen-bond acceptors (Lipinski definition) is 5. The summed E-state index contributed by atoms with van der Waals surface area (Å²) in [5.74, 6) is 0.944. The normalized spacial score (nSPS) is 12.5. The van der Waals surface area contributed by atoms with Crippen molar-refractivity contribution in [2.75, 3.05) is 11.9 Å². The van der Waals surface area contributed by atoms with Crippen molar-refractivity contribution in [1.82, 2.24) is 4.98 Å². The van der Waals surface area contributed by atoms with Crippen LogP contribution in [0.3, 0.4) is 0 Å². The number of aryl methyl sites for hydroxylation is 1. The summed E-state index contributed by atoms with van der Waals surface area (Å²) in [4.78, 5) is 14.4. The summed E-state index contributed by atoms with van der Waals surface area (Å²) in [6, 6.07) is 3.14. The standard InChI is InChI=1S/C12H19N3O3/c1-8(2)10(6-7-16)14-12-5-4-11(15(17)18)9(3)13-12/h4-5,8,10,16H,6-7H2,1-3H3,(H,13,14). The summed E-state index contributed by atoms with van der Waals surface area (Å²) < 4.78 is 0. The van der Waals surface area contributed by atoms with Crippen molar-refractivity contribution in [3.05, 3.63) is 27.9 Å². The Morgan fingerprint density at radius 2 is 2.17 bits per heavy atom. The van der Waals surface area contributed by atoms with Gasteiger partial charge in [0, 0.05) is 18.7 Å². The zero-order valence-electron chi connectivity index (χ0n) is 10.9. The van der Waals surface area contributed by atoms with Crippen LogP contribution in [0.2, 0.25) is 0 Å². The first kappa shape index (κ1) is 14.4. The lowest BCUT2D eigenvalue weighted by Gasteiger charge is -2.22. The van der Waals surface area contributed by atoms with Crippen molar-refractivity contribution in [2.45, 2.75) is 33.2 Å². The minimum Gasteiger partial charge on any atom is -0.396 e. The molecule has 0 spiro atoms. The van der Waals surface area contributed by atoms with Gasteiger partial charge < -0.3 is 10.4 Å². The molecule has 1 atom stereocenters. The van der Waals surface area contributed by atoms with Gasteiger partial charge in [-0.25, -0.2) is 4.98 Å². The first-order valence-electron chi connectivity index (χ1n) is 5.95. The van der Waals surface area contributed by atoms with Crippen LogP contribution in [0.4, 0.5) is 11.5 Å². The quantitative estimate of drug-likeness (QED) is 0.598. The number of nitrogens with one attached hydrogen (secondary N) is 1. The molecule has 0 amide bonds. The van der Waals surface area contributed by atoms with Crippen molar-refractivity contribution in [3.8, 4) is 0 Å². The SMILES string of the molecule is Cc1nc(NC(CCO)C(C)C)ccc1[N+](=O)[O-]. The van der Waals surface area contributed by atoms with Gasteiger partial charge >= 0.3 is 0 Å². The van der Waals surface area contributed by atoms with Crippen molar-refractivity contribution in [1.29, 1.82) is 0 Å². The van der Waals surface area contributed by atoms with Crippen LogP contribution in [0.5, 0.6) is 0 Å². The fourth-order valence-electron chi connectivity index (χ4n) is 1.73. The predicted octanol–water partition coefficient (Wildman–Crippen LogP) is 2.12. The first-order chi connectivity index (χ1) is 8.45. The average molecular weight is 253 g/mol. The van der Waals surface area contributed by atoms with Gasteiger partial charge in [-0.15, -0.1) is 0 Å². The molecule has 6 nitrogen and oxygen atoms in total. The number of hydrogen-bond donors (Lipinski definition) is 2. The molecule has 2 N–H and O–H groups in total. The Labute approximate surface area is 106 Å². The van der Waals surface area contributed by atoms with Crippen molar-refractivity contribution in [3.63, 3.8) is 0 Å². The molecule has 18 heavy (non-hydrogen) atoms. The molecule has 100 valence electrons. The van der Waals surface area contributed by atoms with Crippen LogP contribution in [0, 0.1) is 23.0 Å². The molecule has 1 aromatic heterocycles. The molecule has 0 fully saturated rings. The number of nitrogens with zero attached hydrogens (tertiary/aromatic N) is 2. The Bertz CT molecular complexity index is 421. The van der Waals surface area contributed by atoms with Gasteiger partial charge in [-0.1, -0.05) is 13.8 Å². The van der Waals surface area contributed by atoms with Gasteiger partial charge in [0.05, 0.1) is 4.92 Å². The summed E-state index contributed by atoms with van der Waals surface area (Å²) >= 11 is 0. The largest absolute Gasteiger partial charge is 0.396 e. The maximum absolute atomic E-state index is 10.7. The lowest BCUT2D eigenvalue weighted by molar-refractivity contribution is -0.385. The van der Waals surface area contributed by atoms with E-state index >= 15 is 0 Å². The van der Waals surface area contributed by atoms with Crippen LogP contribution in [0.25, 0.3) is 0 Å². The maximum atomic E-state index is 10.7. The molecule has 0 bridgehead atoms. The smallest absolute Gasteiger partial charge is 0.290 e.